The number of rotatable bonds is 9. The van der Waals surface area contributed by atoms with Gasteiger partial charge in [0.2, 0.25) is 0 Å². The maximum atomic E-state index is 5.12. The van der Waals surface area contributed by atoms with E-state index in [0.29, 0.717) is 19.6 Å². The molecule has 7 heteroatoms. The minimum absolute atomic E-state index is 0. The Morgan fingerprint density at radius 3 is 0.909 bits per heavy atom. The third-order valence-corrected chi connectivity index (χ3v) is 1.49. The molecule has 0 rings (SSSR count). The van der Waals surface area contributed by atoms with Gasteiger partial charge in [0.05, 0.1) is 0 Å². The Balaban J connectivity index is -0.0000000591. The molecule has 0 aromatic carbocycles. The molecule has 0 aliphatic rings. The molecule has 0 radical (unpaired) electrons. The Morgan fingerprint density at radius 1 is 0.682 bits per heavy atom. The summed E-state index contributed by atoms with van der Waals surface area (Å²) in [5.41, 5.74) is 15.4. The third-order valence-electron chi connectivity index (χ3n) is 1.49. The Hall–Kier alpha value is 0.474. The van der Waals surface area contributed by atoms with Gasteiger partial charge in [-0.2, -0.15) is 13.8 Å². The molecule has 0 fully saturated rings. The van der Waals surface area contributed by atoms with E-state index >= 15 is 0 Å². The Bertz CT molecular complexity index is 89.2. The predicted molar refractivity (Wildman–Crippen MR) is 97.5 cm³/mol. The predicted octanol–water partition coefficient (Wildman–Crippen LogP) is -0.666. The molecule has 22 heavy (non-hydrogen) atoms. The fourth-order valence-corrected chi connectivity index (χ4v) is 0.681. The topological polar surface area (TPSA) is 114 Å². The summed E-state index contributed by atoms with van der Waals surface area (Å²) in [6.45, 7) is 21.7. The van der Waals surface area contributed by atoms with Crippen molar-refractivity contribution in [2.24, 2.45) is 17.2 Å². The first-order valence-corrected chi connectivity index (χ1v) is 7.50. The molecular formula is C15H40N6Ti. The second-order valence-electron chi connectivity index (χ2n) is 3.69. The second kappa shape index (κ2) is 49.6. The zero-order chi connectivity index (χ0) is 17.2. The summed E-state index contributed by atoms with van der Waals surface area (Å²) in [5, 5.41) is 8.89. The van der Waals surface area contributed by atoms with Crippen molar-refractivity contribution in [2.75, 3.05) is 58.9 Å². The summed E-state index contributed by atoms with van der Waals surface area (Å²) in [4.78, 5) is 0. The number of nitrogens with one attached hydrogen (secondary N) is 3. The van der Waals surface area contributed by atoms with Gasteiger partial charge in [-0.05, 0) is 0 Å². The van der Waals surface area contributed by atoms with Gasteiger partial charge in [0, 0.05) is 39.3 Å². The maximum Gasteiger partial charge on any atom is 4.00 e. The van der Waals surface area contributed by atoms with Crippen molar-refractivity contribution in [3.8, 4) is 0 Å². The van der Waals surface area contributed by atoms with E-state index in [4.69, 9.17) is 17.2 Å². The Kier molecular flexibility index (Phi) is 76.5. The molecule has 0 aromatic heterocycles. The van der Waals surface area contributed by atoms with E-state index in [0.717, 1.165) is 39.3 Å². The zero-order valence-electron chi connectivity index (χ0n) is 14.8. The monoisotopic (exact) mass is 352 g/mol. The fourth-order valence-electron chi connectivity index (χ4n) is 0.681. The first-order chi connectivity index (χ1) is 10.2. The molecule has 0 aromatic rings. The second-order valence-corrected chi connectivity index (χ2v) is 3.69. The molecule has 0 bridgehead atoms. The van der Waals surface area contributed by atoms with Gasteiger partial charge in [-0.1, -0.05) is 0 Å². The van der Waals surface area contributed by atoms with Crippen molar-refractivity contribution < 1.29 is 21.7 Å². The van der Waals surface area contributed by atoms with Crippen molar-refractivity contribution in [1.82, 2.24) is 16.0 Å². The van der Waals surface area contributed by atoms with E-state index in [-0.39, 0.29) is 21.7 Å². The molecule has 0 aliphatic carbocycles. The molecule has 0 unspecified atom stereocenters. The zero-order valence-corrected chi connectivity index (χ0v) is 16.4. The molecule has 134 valence electrons. The van der Waals surface area contributed by atoms with Gasteiger partial charge in [0.15, 0.2) is 0 Å². The van der Waals surface area contributed by atoms with Crippen LogP contribution >= 0.6 is 0 Å². The van der Waals surface area contributed by atoms with Crippen LogP contribution in [0.2, 0.25) is 0 Å². The number of hydrogen-bond acceptors (Lipinski definition) is 6. The van der Waals surface area contributed by atoms with Gasteiger partial charge >= 0.3 is 21.7 Å². The molecule has 0 amide bonds. The Labute approximate surface area is 155 Å². The van der Waals surface area contributed by atoms with E-state index in [1.165, 1.54) is 0 Å². The maximum absolute atomic E-state index is 5.12. The summed E-state index contributed by atoms with van der Waals surface area (Å²) in [7, 11) is 0. The summed E-state index contributed by atoms with van der Waals surface area (Å²) in [6, 6.07) is 0. The standard InChI is InChI=1S/3C4H11N2.C3H7.Ti/c3*1-2-6-4-3-5;1-3-2;/h3*6H,1-5H2;3H,1-2H3;/q4*-1;+4. The smallest absolute Gasteiger partial charge is 0.345 e. The van der Waals surface area contributed by atoms with E-state index in [1.807, 2.05) is 20.3 Å². The van der Waals surface area contributed by atoms with Crippen molar-refractivity contribution >= 4 is 0 Å². The normalized spacial score (nSPS) is 8.18. The number of hydrogen-bond donors (Lipinski definition) is 6. The molecule has 0 saturated carbocycles. The minimum atomic E-state index is 0. The van der Waals surface area contributed by atoms with Crippen LogP contribution in [-0.4, -0.2) is 58.9 Å². The average molecular weight is 352 g/mol. The molecule has 0 saturated heterocycles. The van der Waals surface area contributed by atoms with Gasteiger partial charge in [0.1, 0.15) is 0 Å². The van der Waals surface area contributed by atoms with E-state index in [9.17, 15) is 0 Å². The van der Waals surface area contributed by atoms with Crippen LogP contribution in [0.1, 0.15) is 13.8 Å². The van der Waals surface area contributed by atoms with Gasteiger partial charge in [0.25, 0.3) is 0 Å². The summed E-state index contributed by atoms with van der Waals surface area (Å²) in [5.74, 6) is 0. The SMILES string of the molecule is C[CH-]C.[CH2-]CNCCN.[CH2-]CNCCN.[CH2-]CNCCN.[Ti+4]. The van der Waals surface area contributed by atoms with Crippen LogP contribution in [0, 0.1) is 27.2 Å². The molecule has 0 heterocycles. The van der Waals surface area contributed by atoms with Crippen LogP contribution in [0.3, 0.4) is 0 Å². The quantitative estimate of drug-likeness (QED) is 0.186. The molecule has 0 spiro atoms. The molecule has 6 nitrogen and oxygen atoms in total. The van der Waals surface area contributed by atoms with Crippen molar-refractivity contribution in [1.29, 1.82) is 0 Å². The van der Waals surface area contributed by atoms with Gasteiger partial charge in [-0.15, -0.1) is 19.6 Å². The Morgan fingerprint density at radius 2 is 0.864 bits per heavy atom. The van der Waals surface area contributed by atoms with Crippen LogP contribution in [0.5, 0.6) is 0 Å². The van der Waals surface area contributed by atoms with Gasteiger partial charge in [-0.3, -0.25) is 0 Å². The van der Waals surface area contributed by atoms with Crippen molar-refractivity contribution in [3.05, 3.63) is 27.2 Å². The van der Waals surface area contributed by atoms with Crippen LogP contribution in [0.25, 0.3) is 0 Å². The number of nitrogens with two attached hydrogens (primary N) is 3. The van der Waals surface area contributed by atoms with E-state index in [2.05, 4.69) is 36.7 Å². The van der Waals surface area contributed by atoms with Crippen molar-refractivity contribution in [3.63, 3.8) is 0 Å². The molecule has 0 aliphatic heterocycles. The van der Waals surface area contributed by atoms with E-state index < -0.39 is 0 Å². The molecular weight excluding hydrogens is 312 g/mol. The average Bonchev–Trinajstić information content (AvgIpc) is 2.51. The van der Waals surface area contributed by atoms with Crippen LogP contribution in [-0.2, 0) is 21.7 Å². The molecule has 9 N–H and O–H groups in total. The van der Waals surface area contributed by atoms with E-state index in [1.54, 1.807) is 0 Å². The summed E-state index contributed by atoms with van der Waals surface area (Å²) >= 11 is 0. The van der Waals surface area contributed by atoms with Crippen LogP contribution in [0.15, 0.2) is 0 Å². The van der Waals surface area contributed by atoms with Crippen LogP contribution in [0.4, 0.5) is 0 Å². The van der Waals surface area contributed by atoms with Crippen LogP contribution < -0.4 is 33.2 Å². The largest absolute Gasteiger partial charge is 4.00 e. The fraction of sp³-hybridized carbons (Fsp3) is 0.733. The molecule has 0 atom stereocenters. The van der Waals surface area contributed by atoms with Crippen molar-refractivity contribution in [2.45, 2.75) is 13.8 Å². The van der Waals surface area contributed by atoms with Gasteiger partial charge in [-0.25, -0.2) is 0 Å². The first-order valence-electron chi connectivity index (χ1n) is 7.50. The summed E-state index contributed by atoms with van der Waals surface area (Å²) in [6.07, 6.45) is 2.00. The minimum Gasteiger partial charge on any atom is -0.345 e. The van der Waals surface area contributed by atoms with Gasteiger partial charge < -0.3 is 60.3 Å². The summed E-state index contributed by atoms with van der Waals surface area (Å²) < 4.78 is 0. The first kappa shape index (κ1) is 33.9. The third kappa shape index (κ3) is 86.5.